The van der Waals surface area contributed by atoms with Crippen molar-refractivity contribution >= 4 is 44.8 Å². The highest BCUT2D eigenvalue weighted by atomic mass is 35.5. The molecule has 0 unspecified atom stereocenters. The highest BCUT2D eigenvalue weighted by Crippen LogP contribution is 2.36. The van der Waals surface area contributed by atoms with E-state index in [1.807, 2.05) is 17.5 Å². The highest BCUT2D eigenvalue weighted by molar-refractivity contribution is 7.17. The predicted octanol–water partition coefficient (Wildman–Crippen LogP) is 4.47. The number of nitrogens with zero attached hydrogens (tertiary/aromatic N) is 2. The minimum atomic E-state index is 0.620. The molecule has 5 heteroatoms. The lowest BCUT2D eigenvalue weighted by Crippen LogP contribution is -1.80. The van der Waals surface area contributed by atoms with Crippen molar-refractivity contribution in [1.82, 2.24) is 9.97 Å². The molecule has 0 bridgehead atoms. The van der Waals surface area contributed by atoms with Gasteiger partial charge in [-0.05, 0) is 12.1 Å². The maximum atomic E-state index is 6.19. The third-order valence-electron chi connectivity index (χ3n) is 2.40. The molecular formula is C12H5Cl2N2S. The molecule has 3 aromatic rings. The number of rotatable bonds is 1. The Kier molecular flexibility index (Phi) is 2.74. The van der Waals surface area contributed by atoms with Crippen LogP contribution >= 0.6 is 34.5 Å². The molecule has 0 aliphatic heterocycles. The molecule has 2 nitrogen and oxygen atoms in total. The van der Waals surface area contributed by atoms with Crippen LogP contribution in [-0.4, -0.2) is 9.97 Å². The Hall–Kier alpha value is -1.16. The van der Waals surface area contributed by atoms with Crippen molar-refractivity contribution < 1.29 is 0 Å². The standard InChI is InChI=1S/C12H5Cl2N2S/c13-7-1-2-8(11(14)3-7)10-5-17-12-9(10)4-15-6-16-12/h1-3,5-6H. The van der Waals surface area contributed by atoms with E-state index in [2.05, 4.69) is 16.2 Å². The van der Waals surface area contributed by atoms with Gasteiger partial charge in [0.15, 0.2) is 0 Å². The minimum absolute atomic E-state index is 0.620. The molecule has 3 rings (SSSR count). The number of thiophene rings is 1. The van der Waals surface area contributed by atoms with Gasteiger partial charge < -0.3 is 0 Å². The number of aromatic nitrogens is 2. The van der Waals surface area contributed by atoms with Crippen molar-refractivity contribution in [2.45, 2.75) is 0 Å². The Morgan fingerprint density at radius 1 is 1.18 bits per heavy atom. The number of hydrogen-bond donors (Lipinski definition) is 0. The molecule has 2 heterocycles. The van der Waals surface area contributed by atoms with Gasteiger partial charge in [-0.3, -0.25) is 0 Å². The van der Waals surface area contributed by atoms with E-state index in [1.54, 1.807) is 17.4 Å². The van der Waals surface area contributed by atoms with E-state index >= 15 is 0 Å². The summed E-state index contributed by atoms with van der Waals surface area (Å²) in [6.07, 6.45) is 4.44. The number of hydrogen-bond acceptors (Lipinski definition) is 3. The lowest BCUT2D eigenvalue weighted by molar-refractivity contribution is 1.22. The summed E-state index contributed by atoms with van der Waals surface area (Å²) >= 11 is 13.6. The van der Waals surface area contributed by atoms with Crippen LogP contribution in [0.5, 0.6) is 0 Å². The van der Waals surface area contributed by atoms with Crippen LogP contribution in [0.3, 0.4) is 0 Å². The van der Waals surface area contributed by atoms with Crippen molar-refractivity contribution in [2.24, 2.45) is 0 Å². The van der Waals surface area contributed by atoms with E-state index in [1.165, 1.54) is 6.33 Å². The quantitative estimate of drug-likeness (QED) is 0.657. The topological polar surface area (TPSA) is 25.8 Å². The van der Waals surface area contributed by atoms with Gasteiger partial charge in [-0.15, -0.1) is 11.3 Å². The molecule has 17 heavy (non-hydrogen) atoms. The van der Waals surface area contributed by atoms with Crippen LogP contribution in [0.2, 0.25) is 10.0 Å². The minimum Gasteiger partial charge on any atom is -0.234 e. The van der Waals surface area contributed by atoms with Gasteiger partial charge in [0, 0.05) is 31.9 Å². The first-order valence-electron chi connectivity index (χ1n) is 4.81. The molecule has 1 aromatic carbocycles. The summed E-state index contributed by atoms with van der Waals surface area (Å²) in [6.45, 7) is 0. The van der Waals surface area contributed by atoms with Crippen LogP contribution in [-0.2, 0) is 0 Å². The Balaban J connectivity index is 2.27. The second-order valence-corrected chi connectivity index (χ2v) is 5.14. The molecule has 0 saturated carbocycles. The Bertz CT molecular complexity index is 694. The van der Waals surface area contributed by atoms with Crippen LogP contribution in [0.25, 0.3) is 21.3 Å². The average molecular weight is 280 g/mol. The molecule has 0 fully saturated rings. The van der Waals surface area contributed by atoms with Crippen molar-refractivity contribution in [2.75, 3.05) is 0 Å². The SMILES string of the molecule is Clc1ccc(-c2csc3ncn[c]c23)c(Cl)c1. The predicted molar refractivity (Wildman–Crippen MR) is 71.7 cm³/mol. The van der Waals surface area contributed by atoms with Gasteiger partial charge in [0.2, 0.25) is 0 Å². The zero-order valence-corrected chi connectivity index (χ0v) is 10.8. The smallest absolute Gasteiger partial charge is 0.127 e. The Morgan fingerprint density at radius 2 is 2.06 bits per heavy atom. The fourth-order valence-electron chi connectivity index (χ4n) is 1.63. The fraction of sp³-hybridized carbons (Fsp3) is 0. The molecule has 1 radical (unpaired) electrons. The molecule has 0 N–H and O–H groups in total. The molecule has 0 aliphatic carbocycles. The molecule has 0 amide bonds. The fourth-order valence-corrected chi connectivity index (χ4v) is 3.00. The van der Waals surface area contributed by atoms with E-state index in [-0.39, 0.29) is 0 Å². The Labute approximate surface area is 112 Å². The zero-order valence-electron chi connectivity index (χ0n) is 8.45. The molecule has 0 spiro atoms. The van der Waals surface area contributed by atoms with Crippen molar-refractivity contribution in [3.8, 4) is 11.1 Å². The normalized spacial score (nSPS) is 10.9. The van der Waals surface area contributed by atoms with Crippen LogP contribution in [0, 0.1) is 6.20 Å². The van der Waals surface area contributed by atoms with Crippen molar-refractivity contribution in [1.29, 1.82) is 0 Å². The summed E-state index contributed by atoms with van der Waals surface area (Å²) in [4.78, 5) is 9.01. The maximum Gasteiger partial charge on any atom is 0.127 e. The third-order valence-corrected chi connectivity index (χ3v) is 3.84. The summed E-state index contributed by atoms with van der Waals surface area (Å²) in [5.74, 6) is 0. The summed E-state index contributed by atoms with van der Waals surface area (Å²) in [6, 6.07) is 5.44. The van der Waals surface area contributed by atoms with Crippen LogP contribution in [0.1, 0.15) is 0 Å². The summed E-state index contributed by atoms with van der Waals surface area (Å²) in [7, 11) is 0. The lowest BCUT2D eigenvalue weighted by atomic mass is 10.1. The first kappa shape index (κ1) is 11.0. The summed E-state index contributed by atoms with van der Waals surface area (Å²) < 4.78 is 0. The second kappa shape index (κ2) is 4.26. The molecule has 0 aliphatic rings. The third kappa shape index (κ3) is 1.90. The summed E-state index contributed by atoms with van der Waals surface area (Å²) in [5, 5.41) is 4.14. The molecule has 2 aromatic heterocycles. The van der Waals surface area contributed by atoms with E-state index in [0.717, 1.165) is 21.3 Å². The van der Waals surface area contributed by atoms with Gasteiger partial charge in [0.25, 0.3) is 0 Å². The average Bonchev–Trinajstić information content (AvgIpc) is 2.73. The largest absolute Gasteiger partial charge is 0.234 e. The van der Waals surface area contributed by atoms with Gasteiger partial charge in [-0.1, -0.05) is 29.3 Å². The first-order valence-corrected chi connectivity index (χ1v) is 6.44. The number of fused-ring (bicyclic) bond motifs is 1. The van der Waals surface area contributed by atoms with Crippen molar-refractivity contribution in [3.63, 3.8) is 0 Å². The van der Waals surface area contributed by atoms with Gasteiger partial charge in [-0.2, -0.15) is 0 Å². The highest BCUT2D eigenvalue weighted by Gasteiger charge is 2.10. The van der Waals surface area contributed by atoms with E-state index in [4.69, 9.17) is 23.2 Å². The van der Waals surface area contributed by atoms with Crippen LogP contribution in [0.4, 0.5) is 0 Å². The number of benzene rings is 1. The second-order valence-electron chi connectivity index (χ2n) is 3.44. The monoisotopic (exact) mass is 279 g/mol. The van der Waals surface area contributed by atoms with E-state index in [0.29, 0.717) is 10.0 Å². The van der Waals surface area contributed by atoms with E-state index < -0.39 is 0 Å². The Morgan fingerprint density at radius 3 is 2.88 bits per heavy atom. The summed E-state index contributed by atoms with van der Waals surface area (Å²) in [5.41, 5.74) is 1.92. The van der Waals surface area contributed by atoms with Gasteiger partial charge in [-0.25, -0.2) is 9.97 Å². The number of halogens is 2. The lowest BCUT2D eigenvalue weighted by Gasteiger charge is -2.02. The molecular weight excluding hydrogens is 275 g/mol. The van der Waals surface area contributed by atoms with Gasteiger partial charge in [0.1, 0.15) is 17.4 Å². The molecule has 0 saturated heterocycles. The van der Waals surface area contributed by atoms with Gasteiger partial charge >= 0.3 is 0 Å². The zero-order chi connectivity index (χ0) is 11.8. The van der Waals surface area contributed by atoms with Crippen LogP contribution in [0.15, 0.2) is 29.9 Å². The van der Waals surface area contributed by atoms with Gasteiger partial charge in [0.05, 0.1) is 0 Å². The van der Waals surface area contributed by atoms with Crippen molar-refractivity contribution in [3.05, 3.63) is 46.1 Å². The maximum absolute atomic E-state index is 6.19. The van der Waals surface area contributed by atoms with Crippen LogP contribution < -0.4 is 0 Å². The molecule has 0 atom stereocenters. The van der Waals surface area contributed by atoms with E-state index in [9.17, 15) is 0 Å². The molecule has 83 valence electrons. The first-order chi connectivity index (χ1) is 8.25.